The maximum atomic E-state index is 12.5. The van der Waals surface area contributed by atoms with Crippen LogP contribution in [0.25, 0.3) is 0 Å². The van der Waals surface area contributed by atoms with E-state index in [-0.39, 0.29) is 18.7 Å². The Labute approximate surface area is 176 Å². The quantitative estimate of drug-likeness (QED) is 0.229. The van der Waals surface area contributed by atoms with Crippen LogP contribution >= 0.6 is 0 Å². The maximum Gasteiger partial charge on any atom is 0.252 e. The molecule has 11 heteroatoms. The number of nitrogens with two attached hydrogens (primary N) is 1. The number of imide groups is 2. The molecule has 2 atom stereocenters. The highest BCUT2D eigenvalue weighted by Gasteiger charge is 2.49. The third-order valence-electron chi connectivity index (χ3n) is 4.95. The van der Waals surface area contributed by atoms with E-state index >= 15 is 0 Å². The molecule has 11 nitrogen and oxygen atoms in total. The second kappa shape index (κ2) is 12.7. The summed E-state index contributed by atoms with van der Waals surface area (Å²) in [5.74, 6) is -1.79. The minimum absolute atomic E-state index is 0.0113. The molecule has 2 rings (SSSR count). The van der Waals surface area contributed by atoms with Gasteiger partial charge in [0.2, 0.25) is 17.7 Å². The van der Waals surface area contributed by atoms with Crippen LogP contribution in [0.4, 0.5) is 0 Å². The number of likely N-dealkylation sites (tertiary alicyclic amines) is 2. The second-order valence-electron chi connectivity index (χ2n) is 7.16. The van der Waals surface area contributed by atoms with Gasteiger partial charge in [0.15, 0.2) is 0 Å². The summed E-state index contributed by atoms with van der Waals surface area (Å²) >= 11 is 0. The molecule has 0 saturated carbocycles. The summed E-state index contributed by atoms with van der Waals surface area (Å²) in [4.78, 5) is 50.4. The minimum atomic E-state index is -1.01. The van der Waals surface area contributed by atoms with Crippen molar-refractivity contribution in [2.24, 2.45) is 5.73 Å². The molecule has 3 N–H and O–H groups in total. The molecule has 4 amide bonds. The lowest BCUT2D eigenvalue weighted by Crippen LogP contribution is -2.47. The fourth-order valence-corrected chi connectivity index (χ4v) is 3.25. The SMILES string of the molecule is CN1C(=O)CC(N2C(=O)CC(NCCCOCCOCCOCCCN)C2=O)C1=O. The minimum Gasteiger partial charge on any atom is -0.379 e. The van der Waals surface area contributed by atoms with Crippen molar-refractivity contribution in [3.8, 4) is 0 Å². The topological polar surface area (TPSA) is 140 Å². The molecule has 2 unspecified atom stereocenters. The van der Waals surface area contributed by atoms with E-state index in [4.69, 9.17) is 19.9 Å². The van der Waals surface area contributed by atoms with Crippen LogP contribution < -0.4 is 11.1 Å². The zero-order valence-electron chi connectivity index (χ0n) is 17.5. The first-order valence-electron chi connectivity index (χ1n) is 10.3. The lowest BCUT2D eigenvalue weighted by atomic mass is 10.2. The zero-order valence-corrected chi connectivity index (χ0v) is 17.5. The Hall–Kier alpha value is -1.92. The van der Waals surface area contributed by atoms with Crippen LogP contribution in [0.3, 0.4) is 0 Å². The van der Waals surface area contributed by atoms with Crippen LogP contribution in [0.1, 0.15) is 25.7 Å². The van der Waals surface area contributed by atoms with Crippen molar-refractivity contribution < 1.29 is 33.4 Å². The summed E-state index contributed by atoms with van der Waals surface area (Å²) in [7, 11) is 1.35. The first kappa shape index (κ1) is 24.4. The average Bonchev–Trinajstić information content (AvgIpc) is 3.14. The fourth-order valence-electron chi connectivity index (χ4n) is 3.25. The Morgan fingerprint density at radius 2 is 1.47 bits per heavy atom. The number of hydrogen-bond acceptors (Lipinski definition) is 9. The van der Waals surface area contributed by atoms with E-state index in [2.05, 4.69) is 5.32 Å². The van der Waals surface area contributed by atoms with Crippen LogP contribution in [-0.2, 0) is 33.4 Å². The summed E-state index contributed by atoms with van der Waals surface area (Å²) in [5.41, 5.74) is 5.36. The molecule has 0 aromatic heterocycles. The number of amides is 4. The normalized spacial score (nSPS) is 22.1. The molecule has 2 aliphatic heterocycles. The van der Waals surface area contributed by atoms with Gasteiger partial charge in [0.1, 0.15) is 6.04 Å². The first-order chi connectivity index (χ1) is 14.5. The zero-order chi connectivity index (χ0) is 21.9. The van der Waals surface area contributed by atoms with Gasteiger partial charge in [0, 0.05) is 20.3 Å². The molecule has 2 fully saturated rings. The molecule has 0 spiro atoms. The Kier molecular flexibility index (Phi) is 10.3. The predicted molar refractivity (Wildman–Crippen MR) is 105 cm³/mol. The van der Waals surface area contributed by atoms with Gasteiger partial charge < -0.3 is 25.3 Å². The highest BCUT2D eigenvalue weighted by Crippen LogP contribution is 2.24. The van der Waals surface area contributed by atoms with Crippen LogP contribution in [0.15, 0.2) is 0 Å². The van der Waals surface area contributed by atoms with E-state index < -0.39 is 29.8 Å². The number of hydrogen-bond donors (Lipinski definition) is 2. The highest BCUT2D eigenvalue weighted by atomic mass is 16.5. The third-order valence-corrected chi connectivity index (χ3v) is 4.95. The van der Waals surface area contributed by atoms with Crippen molar-refractivity contribution in [3.05, 3.63) is 0 Å². The molecule has 2 saturated heterocycles. The van der Waals surface area contributed by atoms with Gasteiger partial charge in [-0.25, -0.2) is 0 Å². The highest BCUT2D eigenvalue weighted by molar-refractivity contribution is 6.13. The molecule has 0 aromatic carbocycles. The van der Waals surface area contributed by atoms with Gasteiger partial charge in [-0.05, 0) is 25.9 Å². The van der Waals surface area contributed by atoms with Crippen molar-refractivity contribution in [2.45, 2.75) is 37.8 Å². The van der Waals surface area contributed by atoms with E-state index in [0.29, 0.717) is 59.2 Å². The molecule has 0 aromatic rings. The van der Waals surface area contributed by atoms with Gasteiger partial charge in [-0.1, -0.05) is 0 Å². The van der Waals surface area contributed by atoms with Crippen LogP contribution in [0.5, 0.6) is 0 Å². The summed E-state index contributed by atoms with van der Waals surface area (Å²) in [5, 5.41) is 3.03. The second-order valence-corrected chi connectivity index (χ2v) is 7.16. The van der Waals surface area contributed by atoms with Crippen molar-refractivity contribution in [3.63, 3.8) is 0 Å². The summed E-state index contributed by atoms with van der Waals surface area (Å²) < 4.78 is 16.1. The molecule has 0 bridgehead atoms. The van der Waals surface area contributed by atoms with Gasteiger partial charge in [0.05, 0.1) is 45.3 Å². The molecule has 30 heavy (non-hydrogen) atoms. The predicted octanol–water partition coefficient (Wildman–Crippen LogP) is -1.75. The van der Waals surface area contributed by atoms with Crippen molar-refractivity contribution in [1.82, 2.24) is 15.1 Å². The summed E-state index contributed by atoms with van der Waals surface area (Å²) in [6.45, 7) is 4.21. The molecular formula is C19H32N4O7. The van der Waals surface area contributed by atoms with E-state index in [1.807, 2.05) is 0 Å². The summed E-state index contributed by atoms with van der Waals surface area (Å²) in [6, 6.07) is -1.68. The Morgan fingerprint density at radius 3 is 2.03 bits per heavy atom. The van der Waals surface area contributed by atoms with Gasteiger partial charge in [-0.2, -0.15) is 0 Å². The van der Waals surface area contributed by atoms with E-state index in [9.17, 15) is 19.2 Å². The number of rotatable bonds is 15. The molecule has 0 aliphatic carbocycles. The van der Waals surface area contributed by atoms with Crippen LogP contribution in [0.2, 0.25) is 0 Å². The lowest BCUT2D eigenvalue weighted by Gasteiger charge is -2.20. The largest absolute Gasteiger partial charge is 0.379 e. The Bertz CT molecular complexity index is 616. The monoisotopic (exact) mass is 428 g/mol. The number of carbonyl (C=O) groups excluding carboxylic acids is 4. The molecular weight excluding hydrogens is 396 g/mol. The number of ether oxygens (including phenoxy) is 3. The van der Waals surface area contributed by atoms with E-state index in [1.54, 1.807) is 0 Å². The van der Waals surface area contributed by atoms with Gasteiger partial charge in [0.25, 0.3) is 5.91 Å². The maximum absolute atomic E-state index is 12.5. The smallest absolute Gasteiger partial charge is 0.252 e. The number of nitrogens with zero attached hydrogens (tertiary/aromatic N) is 2. The number of nitrogens with one attached hydrogen (secondary N) is 1. The van der Waals surface area contributed by atoms with Gasteiger partial charge in [-0.3, -0.25) is 29.0 Å². The molecule has 2 aliphatic rings. The lowest BCUT2D eigenvalue weighted by molar-refractivity contribution is -0.148. The summed E-state index contributed by atoms with van der Waals surface area (Å²) in [6.07, 6.45) is 1.34. The van der Waals surface area contributed by atoms with E-state index in [0.717, 1.165) is 16.2 Å². The molecule has 0 radical (unpaired) electrons. The number of carbonyl (C=O) groups is 4. The van der Waals surface area contributed by atoms with Crippen molar-refractivity contribution in [2.75, 3.05) is 59.8 Å². The molecule has 170 valence electrons. The van der Waals surface area contributed by atoms with Gasteiger partial charge in [-0.15, -0.1) is 0 Å². The van der Waals surface area contributed by atoms with Crippen molar-refractivity contribution in [1.29, 1.82) is 0 Å². The van der Waals surface area contributed by atoms with Crippen LogP contribution in [0, 0.1) is 0 Å². The standard InChI is InChI=1S/C19H32N4O7/c1-22-16(24)13-15(19(22)27)23-17(25)12-14(18(23)26)21-5-3-7-29-9-11-30-10-8-28-6-2-4-20/h14-15,21H,2-13,20H2,1H3. The van der Waals surface area contributed by atoms with Gasteiger partial charge >= 0.3 is 0 Å². The average molecular weight is 428 g/mol. The Balaban J connectivity index is 1.53. The fraction of sp³-hybridized carbons (Fsp3) is 0.789. The first-order valence-corrected chi connectivity index (χ1v) is 10.3. The number of likely N-dealkylation sites (N-methyl/N-ethyl adjacent to an activating group) is 1. The van der Waals surface area contributed by atoms with Crippen molar-refractivity contribution >= 4 is 23.6 Å². The van der Waals surface area contributed by atoms with Crippen LogP contribution in [-0.4, -0.2) is 105 Å². The molecule has 2 heterocycles. The Morgan fingerprint density at radius 1 is 0.867 bits per heavy atom. The third kappa shape index (κ3) is 6.81. The van der Waals surface area contributed by atoms with E-state index in [1.165, 1.54) is 7.05 Å².